The van der Waals surface area contributed by atoms with Gasteiger partial charge >= 0.3 is 5.97 Å². The van der Waals surface area contributed by atoms with E-state index in [4.69, 9.17) is 10.5 Å². The fourth-order valence-corrected chi connectivity index (χ4v) is 4.15. The standard InChI is InChI=1S/C10H15NO2/c1-13-9(12)10-6-3-2-5(8(6)10)4-7(10)11/h5-8H,2-4,11H2,1H3/t5-,6+,7-,8?,10+/m0/s1. The predicted molar refractivity (Wildman–Crippen MR) is 46.7 cm³/mol. The van der Waals surface area contributed by atoms with Crippen LogP contribution in [0.15, 0.2) is 0 Å². The van der Waals surface area contributed by atoms with Gasteiger partial charge in [-0.05, 0) is 37.0 Å². The van der Waals surface area contributed by atoms with Gasteiger partial charge in [0.05, 0.1) is 12.5 Å². The first-order chi connectivity index (χ1) is 6.22. The number of methoxy groups -OCH3 is 1. The zero-order valence-electron chi connectivity index (χ0n) is 7.82. The lowest BCUT2D eigenvalue weighted by Gasteiger charge is -2.17. The molecule has 0 saturated heterocycles. The monoisotopic (exact) mass is 181 g/mol. The fraction of sp³-hybridized carbons (Fsp3) is 0.900. The number of esters is 1. The molecule has 3 saturated carbocycles. The summed E-state index contributed by atoms with van der Waals surface area (Å²) in [6, 6.07) is 0.0717. The molecule has 0 aromatic carbocycles. The normalized spacial score (nSPS) is 56.2. The lowest BCUT2D eigenvalue weighted by atomic mass is 9.94. The minimum absolute atomic E-state index is 0.0443. The smallest absolute Gasteiger partial charge is 0.313 e. The lowest BCUT2D eigenvalue weighted by Crippen LogP contribution is -2.37. The van der Waals surface area contributed by atoms with E-state index in [1.54, 1.807) is 0 Å². The maximum absolute atomic E-state index is 11.7. The fourth-order valence-electron chi connectivity index (χ4n) is 4.15. The third-order valence-electron chi connectivity index (χ3n) is 4.55. The number of carbonyl (C=O) groups is 1. The zero-order valence-corrected chi connectivity index (χ0v) is 7.82. The van der Waals surface area contributed by atoms with Crippen LogP contribution in [0.2, 0.25) is 0 Å². The van der Waals surface area contributed by atoms with Crippen LogP contribution in [0.3, 0.4) is 0 Å². The summed E-state index contributed by atoms with van der Waals surface area (Å²) in [4.78, 5) is 11.7. The maximum atomic E-state index is 11.7. The Hall–Kier alpha value is -0.570. The Bertz CT molecular complexity index is 274. The van der Waals surface area contributed by atoms with Gasteiger partial charge in [0, 0.05) is 6.04 Å². The summed E-state index contributed by atoms with van der Waals surface area (Å²) in [7, 11) is 1.48. The number of hydrogen-bond acceptors (Lipinski definition) is 3. The van der Waals surface area contributed by atoms with Crippen molar-refractivity contribution in [1.82, 2.24) is 0 Å². The Kier molecular flexibility index (Phi) is 1.25. The van der Waals surface area contributed by atoms with Crippen LogP contribution in [0.1, 0.15) is 19.3 Å². The minimum atomic E-state index is -0.238. The molecule has 72 valence electrons. The Morgan fingerprint density at radius 2 is 2.31 bits per heavy atom. The van der Waals surface area contributed by atoms with Gasteiger partial charge in [0.25, 0.3) is 0 Å². The van der Waals surface area contributed by atoms with E-state index in [9.17, 15) is 4.79 Å². The highest BCUT2D eigenvalue weighted by atomic mass is 16.5. The van der Waals surface area contributed by atoms with Gasteiger partial charge in [0.1, 0.15) is 0 Å². The summed E-state index contributed by atoms with van der Waals surface area (Å²) in [5, 5.41) is 0. The molecule has 3 fully saturated rings. The van der Waals surface area contributed by atoms with Gasteiger partial charge in [-0.15, -0.1) is 0 Å². The van der Waals surface area contributed by atoms with Crippen molar-refractivity contribution >= 4 is 5.97 Å². The summed E-state index contributed by atoms with van der Waals surface area (Å²) >= 11 is 0. The molecule has 0 radical (unpaired) electrons. The molecule has 3 heteroatoms. The minimum Gasteiger partial charge on any atom is -0.469 e. The SMILES string of the molecule is COC(=O)[C@]12C3[C@@H](CC[C@H]31)C[C@@H]2N. The van der Waals surface area contributed by atoms with Gasteiger partial charge in [0.15, 0.2) is 0 Å². The molecule has 13 heavy (non-hydrogen) atoms. The number of ether oxygens (including phenoxy) is 1. The molecule has 3 aliphatic rings. The highest BCUT2D eigenvalue weighted by Crippen LogP contribution is 2.76. The van der Waals surface area contributed by atoms with Crippen molar-refractivity contribution in [2.45, 2.75) is 25.3 Å². The van der Waals surface area contributed by atoms with Crippen LogP contribution in [-0.4, -0.2) is 19.1 Å². The second kappa shape index (κ2) is 2.08. The average molecular weight is 181 g/mol. The summed E-state index contributed by atoms with van der Waals surface area (Å²) in [6.45, 7) is 0. The molecule has 2 N–H and O–H groups in total. The van der Waals surface area contributed by atoms with Gasteiger partial charge in [-0.3, -0.25) is 4.79 Å². The number of nitrogens with two attached hydrogens (primary N) is 1. The van der Waals surface area contributed by atoms with Crippen molar-refractivity contribution in [2.75, 3.05) is 7.11 Å². The molecule has 0 amide bonds. The predicted octanol–water partition coefficient (Wildman–Crippen LogP) is 0.533. The number of carbonyl (C=O) groups excluding carboxylic acids is 1. The van der Waals surface area contributed by atoms with Crippen molar-refractivity contribution < 1.29 is 9.53 Å². The van der Waals surface area contributed by atoms with Gasteiger partial charge in [0.2, 0.25) is 0 Å². The average Bonchev–Trinajstić information content (AvgIpc) is 2.55. The molecule has 3 rings (SSSR count). The largest absolute Gasteiger partial charge is 0.469 e. The maximum Gasteiger partial charge on any atom is 0.313 e. The molecular formula is C10H15NO2. The van der Waals surface area contributed by atoms with E-state index in [2.05, 4.69) is 0 Å². The number of hydrogen-bond donors (Lipinski definition) is 1. The molecule has 3 nitrogen and oxygen atoms in total. The van der Waals surface area contributed by atoms with E-state index in [0.29, 0.717) is 11.8 Å². The van der Waals surface area contributed by atoms with Gasteiger partial charge in [-0.1, -0.05) is 0 Å². The number of fused-ring (bicyclic) bond motifs is 1. The molecule has 0 aromatic heterocycles. The first kappa shape index (κ1) is 7.80. The third-order valence-corrected chi connectivity index (χ3v) is 4.55. The first-order valence-corrected chi connectivity index (χ1v) is 5.07. The first-order valence-electron chi connectivity index (χ1n) is 5.07. The summed E-state index contributed by atoms with van der Waals surface area (Å²) in [5.74, 6) is 1.82. The van der Waals surface area contributed by atoms with Crippen molar-refractivity contribution in [3.05, 3.63) is 0 Å². The van der Waals surface area contributed by atoms with Crippen LogP contribution in [0, 0.1) is 23.2 Å². The van der Waals surface area contributed by atoms with Gasteiger partial charge < -0.3 is 10.5 Å². The van der Waals surface area contributed by atoms with Crippen LogP contribution in [-0.2, 0) is 9.53 Å². The van der Waals surface area contributed by atoms with Crippen LogP contribution in [0.4, 0.5) is 0 Å². The Morgan fingerprint density at radius 3 is 2.92 bits per heavy atom. The van der Waals surface area contributed by atoms with Crippen LogP contribution in [0.5, 0.6) is 0 Å². The Labute approximate surface area is 77.6 Å². The Morgan fingerprint density at radius 1 is 1.54 bits per heavy atom. The lowest BCUT2D eigenvalue weighted by molar-refractivity contribution is -0.148. The topological polar surface area (TPSA) is 52.3 Å². The van der Waals surface area contributed by atoms with E-state index in [0.717, 1.165) is 12.3 Å². The molecule has 5 atom stereocenters. The van der Waals surface area contributed by atoms with E-state index >= 15 is 0 Å². The molecule has 3 aliphatic carbocycles. The molecule has 0 heterocycles. The number of rotatable bonds is 1. The van der Waals surface area contributed by atoms with Crippen LogP contribution in [0.25, 0.3) is 0 Å². The summed E-state index contributed by atoms with van der Waals surface area (Å²) in [5.41, 5.74) is 5.81. The highest BCUT2D eigenvalue weighted by molar-refractivity contribution is 5.83. The summed E-state index contributed by atoms with van der Waals surface area (Å²) < 4.78 is 4.88. The summed E-state index contributed by atoms with van der Waals surface area (Å²) in [6.07, 6.45) is 3.51. The van der Waals surface area contributed by atoms with Crippen molar-refractivity contribution in [1.29, 1.82) is 0 Å². The van der Waals surface area contributed by atoms with Crippen LogP contribution >= 0.6 is 0 Å². The van der Waals surface area contributed by atoms with E-state index in [-0.39, 0.29) is 17.4 Å². The van der Waals surface area contributed by atoms with E-state index in [1.807, 2.05) is 0 Å². The van der Waals surface area contributed by atoms with Gasteiger partial charge in [-0.25, -0.2) is 0 Å². The molecule has 0 aliphatic heterocycles. The van der Waals surface area contributed by atoms with Gasteiger partial charge in [-0.2, -0.15) is 0 Å². The zero-order chi connectivity index (χ0) is 9.22. The molecule has 0 spiro atoms. The highest BCUT2D eigenvalue weighted by Gasteiger charge is 2.80. The van der Waals surface area contributed by atoms with Crippen molar-refractivity contribution in [2.24, 2.45) is 28.9 Å². The molecule has 1 unspecified atom stereocenters. The van der Waals surface area contributed by atoms with E-state index < -0.39 is 0 Å². The third kappa shape index (κ3) is 0.622. The van der Waals surface area contributed by atoms with Crippen molar-refractivity contribution in [3.63, 3.8) is 0 Å². The molecule has 0 aromatic rings. The quantitative estimate of drug-likeness (QED) is 0.600. The van der Waals surface area contributed by atoms with E-state index in [1.165, 1.54) is 20.0 Å². The second-order valence-electron chi connectivity index (χ2n) is 4.74. The molecule has 0 bridgehead atoms. The van der Waals surface area contributed by atoms with Crippen LogP contribution < -0.4 is 5.73 Å². The van der Waals surface area contributed by atoms with Crippen molar-refractivity contribution in [3.8, 4) is 0 Å². The Balaban J connectivity index is 1.97. The second-order valence-corrected chi connectivity index (χ2v) is 4.74. The molecular weight excluding hydrogens is 166 g/mol.